The number of carbonyl (C=O) groups excluding carboxylic acids is 1. The molecule has 4 heteroatoms. The van der Waals surface area contributed by atoms with Crippen LogP contribution >= 0.6 is 0 Å². The predicted octanol–water partition coefficient (Wildman–Crippen LogP) is 2.60. The third kappa shape index (κ3) is 2.39. The van der Waals surface area contributed by atoms with Gasteiger partial charge in [0.05, 0.1) is 5.56 Å². The lowest BCUT2D eigenvalue weighted by Crippen LogP contribution is -2.48. The molecule has 1 saturated heterocycles. The van der Waals surface area contributed by atoms with Crippen molar-refractivity contribution in [3.05, 3.63) is 59.2 Å². The quantitative estimate of drug-likeness (QED) is 0.855. The second kappa shape index (κ2) is 5.52. The van der Waals surface area contributed by atoms with Gasteiger partial charge in [-0.2, -0.15) is 0 Å². The number of hydrogen-bond donors (Lipinski definition) is 0. The van der Waals surface area contributed by atoms with Crippen molar-refractivity contribution in [2.45, 2.75) is 31.6 Å². The number of pyridine rings is 2. The molecular weight excluding hydrogens is 274 g/mol. The molecule has 4 nitrogen and oxygen atoms in total. The maximum atomic E-state index is 12.6. The van der Waals surface area contributed by atoms with Crippen LogP contribution in [0.25, 0.3) is 0 Å². The summed E-state index contributed by atoms with van der Waals surface area (Å²) in [5, 5.41) is 0. The lowest BCUT2D eigenvalue weighted by molar-refractivity contribution is 0.0598. The standard InChI is InChI=1S/C18H19N3O/c22-18(14-9-13-5-1-2-6-16(13)20-10-14)21-11-15(12-21)17-7-3-4-8-19-17/h3-4,7-10,15H,1-2,5-6,11-12H2. The Bertz CT molecular complexity index is 693. The predicted molar refractivity (Wildman–Crippen MR) is 83.8 cm³/mol. The summed E-state index contributed by atoms with van der Waals surface area (Å²) < 4.78 is 0. The van der Waals surface area contributed by atoms with Crippen LogP contribution in [0, 0.1) is 0 Å². The third-order valence-electron chi connectivity index (χ3n) is 4.69. The van der Waals surface area contributed by atoms with Gasteiger partial charge in [-0.25, -0.2) is 0 Å². The maximum Gasteiger partial charge on any atom is 0.255 e. The second-order valence-corrected chi connectivity index (χ2v) is 6.20. The monoisotopic (exact) mass is 293 g/mol. The van der Waals surface area contributed by atoms with Gasteiger partial charge in [0.25, 0.3) is 5.91 Å². The van der Waals surface area contributed by atoms with Crippen LogP contribution in [0.2, 0.25) is 0 Å². The molecule has 0 spiro atoms. The molecule has 1 fully saturated rings. The fraction of sp³-hybridized carbons (Fsp3) is 0.389. The van der Waals surface area contributed by atoms with Crippen LogP contribution in [-0.4, -0.2) is 33.9 Å². The minimum atomic E-state index is 0.105. The number of nitrogens with zero attached hydrogens (tertiary/aromatic N) is 3. The van der Waals surface area contributed by atoms with Crippen molar-refractivity contribution in [3.8, 4) is 0 Å². The topological polar surface area (TPSA) is 46.1 Å². The summed E-state index contributed by atoms with van der Waals surface area (Å²) in [5.74, 6) is 0.476. The molecule has 1 aliphatic heterocycles. The fourth-order valence-electron chi connectivity index (χ4n) is 3.34. The molecule has 0 N–H and O–H groups in total. The molecule has 0 bridgehead atoms. The molecule has 2 aromatic heterocycles. The highest BCUT2D eigenvalue weighted by molar-refractivity contribution is 5.94. The van der Waals surface area contributed by atoms with Crippen molar-refractivity contribution < 1.29 is 4.79 Å². The van der Waals surface area contributed by atoms with E-state index in [1.807, 2.05) is 29.3 Å². The average molecular weight is 293 g/mol. The number of fused-ring (bicyclic) bond motifs is 1. The molecule has 0 radical (unpaired) electrons. The molecule has 22 heavy (non-hydrogen) atoms. The number of hydrogen-bond acceptors (Lipinski definition) is 3. The van der Waals surface area contributed by atoms with E-state index in [2.05, 4.69) is 16.0 Å². The highest BCUT2D eigenvalue weighted by atomic mass is 16.2. The van der Waals surface area contributed by atoms with E-state index < -0.39 is 0 Å². The highest BCUT2D eigenvalue weighted by Crippen LogP contribution is 2.27. The highest BCUT2D eigenvalue weighted by Gasteiger charge is 2.33. The fourth-order valence-corrected chi connectivity index (χ4v) is 3.34. The Hall–Kier alpha value is -2.23. The maximum absolute atomic E-state index is 12.6. The van der Waals surface area contributed by atoms with Crippen molar-refractivity contribution in [2.75, 3.05) is 13.1 Å². The van der Waals surface area contributed by atoms with E-state index in [0.29, 0.717) is 5.92 Å². The minimum Gasteiger partial charge on any atom is -0.337 e. The summed E-state index contributed by atoms with van der Waals surface area (Å²) in [7, 11) is 0. The van der Waals surface area contributed by atoms with Gasteiger partial charge in [-0.15, -0.1) is 0 Å². The van der Waals surface area contributed by atoms with Gasteiger partial charge in [-0.05, 0) is 49.4 Å². The van der Waals surface area contributed by atoms with Crippen molar-refractivity contribution >= 4 is 5.91 Å². The zero-order valence-electron chi connectivity index (χ0n) is 12.5. The number of amides is 1. The Morgan fingerprint density at radius 1 is 1.14 bits per heavy atom. The van der Waals surface area contributed by atoms with E-state index in [-0.39, 0.29) is 5.91 Å². The number of likely N-dealkylation sites (tertiary alicyclic amines) is 1. The molecule has 2 aromatic rings. The van der Waals surface area contributed by atoms with E-state index in [1.54, 1.807) is 6.20 Å². The third-order valence-corrected chi connectivity index (χ3v) is 4.69. The molecular formula is C18H19N3O. The SMILES string of the molecule is O=C(c1cnc2c(c1)CCCC2)N1CC(c2ccccn2)C1. The van der Waals surface area contributed by atoms with Gasteiger partial charge >= 0.3 is 0 Å². The summed E-state index contributed by atoms with van der Waals surface area (Å²) >= 11 is 0. The average Bonchev–Trinajstić information content (AvgIpc) is 2.54. The Balaban J connectivity index is 1.45. The Morgan fingerprint density at radius 2 is 2.00 bits per heavy atom. The number of carbonyl (C=O) groups is 1. The molecule has 3 heterocycles. The summed E-state index contributed by atoms with van der Waals surface area (Å²) in [6, 6.07) is 8.01. The van der Waals surface area contributed by atoms with Crippen molar-refractivity contribution in [2.24, 2.45) is 0 Å². The minimum absolute atomic E-state index is 0.105. The van der Waals surface area contributed by atoms with Crippen LogP contribution in [0.3, 0.4) is 0 Å². The summed E-state index contributed by atoms with van der Waals surface area (Å²) in [6.45, 7) is 1.51. The molecule has 1 aliphatic carbocycles. The van der Waals surface area contributed by atoms with E-state index in [4.69, 9.17) is 0 Å². The summed E-state index contributed by atoms with van der Waals surface area (Å²) in [4.78, 5) is 23.3. The molecule has 112 valence electrons. The molecule has 1 amide bonds. The number of rotatable bonds is 2. The van der Waals surface area contributed by atoms with Crippen LogP contribution < -0.4 is 0 Å². The smallest absolute Gasteiger partial charge is 0.255 e. The van der Waals surface area contributed by atoms with Crippen molar-refractivity contribution in [1.82, 2.24) is 14.9 Å². The van der Waals surface area contributed by atoms with E-state index in [0.717, 1.165) is 37.2 Å². The van der Waals surface area contributed by atoms with Crippen LogP contribution in [0.15, 0.2) is 36.7 Å². The van der Waals surface area contributed by atoms with Gasteiger partial charge < -0.3 is 4.90 Å². The summed E-state index contributed by atoms with van der Waals surface area (Å²) in [5.41, 5.74) is 4.26. The number of aryl methyl sites for hydroxylation is 2. The molecule has 0 unspecified atom stereocenters. The van der Waals surface area contributed by atoms with Crippen molar-refractivity contribution in [3.63, 3.8) is 0 Å². The Labute approximate surface area is 130 Å². The lowest BCUT2D eigenvalue weighted by atomic mass is 9.93. The first-order chi connectivity index (χ1) is 10.8. The molecule has 0 saturated carbocycles. The van der Waals surface area contributed by atoms with E-state index in [1.165, 1.54) is 24.1 Å². The summed E-state index contributed by atoms with van der Waals surface area (Å²) in [6.07, 6.45) is 8.09. The molecule has 0 aromatic carbocycles. The first kappa shape index (κ1) is 13.4. The zero-order valence-corrected chi connectivity index (χ0v) is 12.5. The Morgan fingerprint density at radius 3 is 2.82 bits per heavy atom. The van der Waals surface area contributed by atoms with E-state index in [9.17, 15) is 4.79 Å². The van der Waals surface area contributed by atoms with Crippen molar-refractivity contribution in [1.29, 1.82) is 0 Å². The lowest BCUT2D eigenvalue weighted by Gasteiger charge is -2.39. The second-order valence-electron chi connectivity index (χ2n) is 6.20. The van der Waals surface area contributed by atoms with Crippen LogP contribution in [0.4, 0.5) is 0 Å². The zero-order chi connectivity index (χ0) is 14.9. The van der Waals surface area contributed by atoms with Crippen LogP contribution in [0.5, 0.6) is 0 Å². The van der Waals surface area contributed by atoms with Gasteiger partial charge in [0.1, 0.15) is 0 Å². The largest absolute Gasteiger partial charge is 0.337 e. The van der Waals surface area contributed by atoms with Gasteiger partial charge in [0.2, 0.25) is 0 Å². The van der Waals surface area contributed by atoms with E-state index >= 15 is 0 Å². The molecule has 2 aliphatic rings. The molecule has 4 rings (SSSR count). The Kier molecular flexibility index (Phi) is 3.37. The van der Waals surface area contributed by atoms with Gasteiger partial charge in [0.15, 0.2) is 0 Å². The molecule has 0 atom stereocenters. The van der Waals surface area contributed by atoms with Gasteiger partial charge in [-0.3, -0.25) is 14.8 Å². The number of aromatic nitrogens is 2. The van der Waals surface area contributed by atoms with Crippen LogP contribution in [0.1, 0.15) is 46.1 Å². The first-order valence-electron chi connectivity index (χ1n) is 7.99. The van der Waals surface area contributed by atoms with Gasteiger partial charge in [-0.1, -0.05) is 6.07 Å². The van der Waals surface area contributed by atoms with Crippen LogP contribution in [-0.2, 0) is 12.8 Å². The van der Waals surface area contributed by atoms with Gasteiger partial charge in [0, 0.05) is 42.8 Å². The first-order valence-corrected chi connectivity index (χ1v) is 7.99. The normalized spacial score (nSPS) is 17.7.